The first-order valence-electron chi connectivity index (χ1n) is 9.74. The van der Waals surface area contributed by atoms with Crippen molar-refractivity contribution in [3.8, 4) is 11.6 Å². The number of nitrogens with zero attached hydrogens (tertiary/aromatic N) is 1. The molecule has 158 valence electrons. The van der Waals surface area contributed by atoms with Crippen LogP contribution in [0.15, 0.2) is 24.4 Å². The zero-order valence-corrected chi connectivity index (χ0v) is 18.3. The van der Waals surface area contributed by atoms with E-state index >= 15 is 0 Å². The average Bonchev–Trinajstić information content (AvgIpc) is 2.70. The normalized spacial score (nSPS) is 13.1. The average molecular weight is 421 g/mol. The van der Waals surface area contributed by atoms with Crippen molar-refractivity contribution in [2.75, 3.05) is 7.11 Å². The van der Waals surface area contributed by atoms with Crippen LogP contribution >= 0.6 is 11.6 Å². The fourth-order valence-electron chi connectivity index (χ4n) is 3.26. The lowest BCUT2D eigenvalue weighted by molar-refractivity contribution is 0.0595. The SMILES string of the molecule is CCC(O)C(CC)NCc1ccnc(Oc2c(C)cc(Cl)cc2C)c1C(=O)OC. The molecule has 0 saturated heterocycles. The number of hydrogen-bond acceptors (Lipinski definition) is 6. The van der Waals surface area contributed by atoms with E-state index in [1.807, 2.05) is 27.7 Å². The Morgan fingerprint density at radius 3 is 2.45 bits per heavy atom. The molecule has 0 radical (unpaired) electrons. The lowest BCUT2D eigenvalue weighted by atomic mass is 10.0. The van der Waals surface area contributed by atoms with E-state index < -0.39 is 12.1 Å². The summed E-state index contributed by atoms with van der Waals surface area (Å²) in [6.07, 6.45) is 2.55. The molecule has 0 aliphatic rings. The van der Waals surface area contributed by atoms with Gasteiger partial charge in [-0.3, -0.25) is 0 Å². The van der Waals surface area contributed by atoms with Crippen molar-refractivity contribution in [2.24, 2.45) is 0 Å². The van der Waals surface area contributed by atoms with Crippen LogP contribution in [0, 0.1) is 13.8 Å². The predicted octanol–water partition coefficient (Wildman–Crippen LogP) is 4.57. The predicted molar refractivity (Wildman–Crippen MR) is 114 cm³/mol. The van der Waals surface area contributed by atoms with Crippen molar-refractivity contribution >= 4 is 17.6 Å². The molecule has 0 bridgehead atoms. The van der Waals surface area contributed by atoms with Gasteiger partial charge in [-0.1, -0.05) is 25.4 Å². The number of nitrogens with one attached hydrogen (secondary N) is 1. The molecule has 1 heterocycles. The van der Waals surface area contributed by atoms with Gasteiger partial charge in [0.1, 0.15) is 11.3 Å². The second-order valence-corrected chi connectivity index (χ2v) is 7.42. The standard InChI is InChI=1S/C22H29ClN2O4/c1-6-17(18(26)7-2)25-12-15-8-9-24-21(19(15)22(27)28-5)29-20-13(3)10-16(23)11-14(20)4/h8-11,17-18,25-26H,6-7,12H2,1-5H3. The van der Waals surface area contributed by atoms with E-state index in [4.69, 9.17) is 21.1 Å². The molecule has 29 heavy (non-hydrogen) atoms. The number of esters is 1. The number of ether oxygens (including phenoxy) is 2. The van der Waals surface area contributed by atoms with E-state index in [1.165, 1.54) is 7.11 Å². The molecule has 1 aromatic heterocycles. The molecular weight excluding hydrogens is 392 g/mol. The molecule has 2 atom stereocenters. The lowest BCUT2D eigenvalue weighted by Gasteiger charge is -2.23. The van der Waals surface area contributed by atoms with Gasteiger partial charge in [0.25, 0.3) is 0 Å². The Kier molecular flexibility index (Phi) is 8.44. The number of methoxy groups -OCH3 is 1. The topological polar surface area (TPSA) is 80.7 Å². The van der Waals surface area contributed by atoms with Crippen molar-refractivity contribution in [3.63, 3.8) is 0 Å². The van der Waals surface area contributed by atoms with Crippen LogP contribution in [-0.4, -0.2) is 35.3 Å². The van der Waals surface area contributed by atoms with Gasteiger partial charge in [-0.15, -0.1) is 0 Å². The summed E-state index contributed by atoms with van der Waals surface area (Å²) < 4.78 is 11.0. The summed E-state index contributed by atoms with van der Waals surface area (Å²) in [5.41, 5.74) is 2.63. The Balaban J connectivity index is 2.39. The number of halogens is 1. The van der Waals surface area contributed by atoms with Gasteiger partial charge in [0.15, 0.2) is 0 Å². The van der Waals surface area contributed by atoms with Gasteiger partial charge >= 0.3 is 5.97 Å². The van der Waals surface area contributed by atoms with E-state index in [2.05, 4.69) is 10.3 Å². The Hall–Kier alpha value is -2.15. The molecule has 2 unspecified atom stereocenters. The summed E-state index contributed by atoms with van der Waals surface area (Å²) in [6.45, 7) is 8.08. The minimum absolute atomic E-state index is 0.0798. The molecule has 2 rings (SSSR count). The van der Waals surface area contributed by atoms with Crippen molar-refractivity contribution in [1.82, 2.24) is 10.3 Å². The molecule has 7 heteroatoms. The minimum atomic E-state index is -0.529. The smallest absolute Gasteiger partial charge is 0.343 e. The zero-order chi connectivity index (χ0) is 21.6. The Labute approximate surface area is 177 Å². The molecule has 0 saturated carbocycles. The lowest BCUT2D eigenvalue weighted by Crippen LogP contribution is -2.38. The number of aryl methyl sites for hydroxylation is 2. The van der Waals surface area contributed by atoms with Crippen LogP contribution in [0.3, 0.4) is 0 Å². The summed E-state index contributed by atoms with van der Waals surface area (Å²) in [5, 5.41) is 14.1. The number of benzene rings is 1. The first-order chi connectivity index (χ1) is 13.8. The summed E-state index contributed by atoms with van der Waals surface area (Å²) in [7, 11) is 1.32. The van der Waals surface area contributed by atoms with Gasteiger partial charge in [0.2, 0.25) is 5.88 Å². The summed E-state index contributed by atoms with van der Waals surface area (Å²) in [6, 6.07) is 5.26. The van der Waals surface area contributed by atoms with E-state index in [0.717, 1.165) is 17.5 Å². The van der Waals surface area contributed by atoms with Crippen LogP contribution in [0.5, 0.6) is 11.6 Å². The van der Waals surface area contributed by atoms with E-state index in [1.54, 1.807) is 24.4 Å². The number of carbonyl (C=O) groups is 1. The molecule has 0 amide bonds. The summed E-state index contributed by atoms with van der Waals surface area (Å²) in [5.74, 6) is 0.247. The molecule has 0 spiro atoms. The second-order valence-electron chi connectivity index (χ2n) is 6.98. The summed E-state index contributed by atoms with van der Waals surface area (Å²) in [4.78, 5) is 16.8. The first-order valence-corrected chi connectivity index (χ1v) is 10.1. The number of hydrogen-bond donors (Lipinski definition) is 2. The highest BCUT2D eigenvalue weighted by molar-refractivity contribution is 6.30. The third-order valence-corrected chi connectivity index (χ3v) is 5.11. The van der Waals surface area contributed by atoms with Gasteiger partial charge in [-0.25, -0.2) is 9.78 Å². The third kappa shape index (κ3) is 5.69. The number of pyridine rings is 1. The van der Waals surface area contributed by atoms with Gasteiger partial charge in [-0.05, 0) is 61.6 Å². The number of aliphatic hydroxyl groups excluding tert-OH is 1. The maximum Gasteiger partial charge on any atom is 0.343 e. The first kappa shape index (κ1) is 23.1. The molecular formula is C22H29ClN2O4. The zero-order valence-electron chi connectivity index (χ0n) is 17.6. The van der Waals surface area contributed by atoms with Gasteiger partial charge in [-0.2, -0.15) is 0 Å². The van der Waals surface area contributed by atoms with E-state index in [0.29, 0.717) is 29.3 Å². The molecule has 2 aromatic rings. The Morgan fingerprint density at radius 2 is 1.90 bits per heavy atom. The Morgan fingerprint density at radius 1 is 1.24 bits per heavy atom. The van der Waals surface area contributed by atoms with Gasteiger partial charge in [0, 0.05) is 23.8 Å². The van der Waals surface area contributed by atoms with Crippen LogP contribution < -0.4 is 10.1 Å². The molecule has 0 aliphatic carbocycles. The fraction of sp³-hybridized carbons (Fsp3) is 0.455. The van der Waals surface area contributed by atoms with E-state index in [-0.39, 0.29) is 17.5 Å². The number of carbonyl (C=O) groups excluding carboxylic acids is 1. The third-order valence-electron chi connectivity index (χ3n) is 4.89. The van der Waals surface area contributed by atoms with Crippen molar-refractivity contribution in [1.29, 1.82) is 0 Å². The Bertz CT molecular complexity index is 834. The molecule has 0 aliphatic heterocycles. The maximum absolute atomic E-state index is 12.5. The van der Waals surface area contributed by atoms with Crippen molar-refractivity contribution in [3.05, 3.63) is 51.7 Å². The number of aromatic nitrogens is 1. The highest BCUT2D eigenvalue weighted by atomic mass is 35.5. The molecule has 6 nitrogen and oxygen atoms in total. The fourth-order valence-corrected chi connectivity index (χ4v) is 3.59. The maximum atomic E-state index is 12.5. The highest BCUT2D eigenvalue weighted by Gasteiger charge is 2.23. The van der Waals surface area contributed by atoms with Crippen LogP contribution in [0.1, 0.15) is 53.7 Å². The molecule has 1 aromatic carbocycles. The van der Waals surface area contributed by atoms with Crippen LogP contribution in [-0.2, 0) is 11.3 Å². The van der Waals surface area contributed by atoms with E-state index in [9.17, 15) is 9.90 Å². The minimum Gasteiger partial charge on any atom is -0.465 e. The number of aliphatic hydroxyl groups is 1. The van der Waals surface area contributed by atoms with Crippen LogP contribution in [0.4, 0.5) is 0 Å². The van der Waals surface area contributed by atoms with Crippen LogP contribution in [0.25, 0.3) is 0 Å². The monoisotopic (exact) mass is 420 g/mol. The van der Waals surface area contributed by atoms with Crippen molar-refractivity contribution in [2.45, 2.75) is 59.2 Å². The van der Waals surface area contributed by atoms with Gasteiger partial charge in [0.05, 0.1) is 13.2 Å². The molecule has 0 fully saturated rings. The summed E-state index contributed by atoms with van der Waals surface area (Å²) >= 11 is 6.10. The largest absolute Gasteiger partial charge is 0.465 e. The van der Waals surface area contributed by atoms with Gasteiger partial charge < -0.3 is 19.9 Å². The second kappa shape index (κ2) is 10.6. The number of rotatable bonds is 9. The quantitative estimate of drug-likeness (QED) is 0.578. The van der Waals surface area contributed by atoms with Crippen molar-refractivity contribution < 1.29 is 19.4 Å². The molecule has 2 N–H and O–H groups in total. The van der Waals surface area contributed by atoms with Crippen LogP contribution in [0.2, 0.25) is 5.02 Å². The highest BCUT2D eigenvalue weighted by Crippen LogP contribution is 2.33.